The highest BCUT2D eigenvalue weighted by atomic mass is 16.6. The Hall–Kier alpha value is -2.66. The van der Waals surface area contributed by atoms with E-state index in [1.807, 2.05) is 0 Å². The third kappa shape index (κ3) is 48.0. The molecule has 5 heteroatoms. The number of allylic oxidation sites excluding steroid dienone is 12. The summed E-state index contributed by atoms with van der Waals surface area (Å²) in [6, 6.07) is 0. The van der Waals surface area contributed by atoms with Crippen LogP contribution in [0.5, 0.6) is 0 Å². The molecule has 0 aromatic rings. The average molecular weight is 837 g/mol. The lowest BCUT2D eigenvalue weighted by molar-refractivity contribution is -0.163. The van der Waals surface area contributed by atoms with Crippen molar-refractivity contribution in [1.29, 1.82) is 0 Å². The summed E-state index contributed by atoms with van der Waals surface area (Å²) < 4.78 is 17.4. The van der Waals surface area contributed by atoms with E-state index in [0.29, 0.717) is 19.4 Å². The molecule has 0 radical (unpaired) electrons. The van der Waals surface area contributed by atoms with Gasteiger partial charge in [0.2, 0.25) is 0 Å². The molecule has 0 spiro atoms. The molecule has 0 aromatic heterocycles. The Morgan fingerprint density at radius 3 is 1.27 bits per heavy atom. The van der Waals surface area contributed by atoms with E-state index in [0.717, 1.165) is 96.3 Å². The van der Waals surface area contributed by atoms with E-state index in [-0.39, 0.29) is 25.2 Å². The van der Waals surface area contributed by atoms with Gasteiger partial charge >= 0.3 is 11.9 Å². The van der Waals surface area contributed by atoms with Crippen molar-refractivity contribution in [2.75, 3.05) is 19.8 Å². The van der Waals surface area contributed by atoms with Crippen molar-refractivity contribution >= 4 is 11.9 Å². The Labute approximate surface area is 372 Å². The molecule has 0 saturated heterocycles. The Kier molecular flexibility index (Phi) is 48.4. The van der Waals surface area contributed by atoms with Gasteiger partial charge in [-0.1, -0.05) is 196 Å². The lowest BCUT2D eigenvalue weighted by Gasteiger charge is -2.18. The lowest BCUT2D eigenvalue weighted by atomic mass is 10.1. The SMILES string of the molecule is CC/C=C\C/C=C\C/C=C\C/C=C\CCCCCCCOCC(COC(=O)CCCCCCC/C=C\CCCCCCCC)OC(=O)CCCCCCC/C=C\CCCC. The van der Waals surface area contributed by atoms with Crippen molar-refractivity contribution in [3.05, 3.63) is 72.9 Å². The number of hydrogen-bond acceptors (Lipinski definition) is 5. The minimum atomic E-state index is -0.555. The van der Waals surface area contributed by atoms with Crippen molar-refractivity contribution in [3.8, 4) is 0 Å². The van der Waals surface area contributed by atoms with Gasteiger partial charge in [-0.3, -0.25) is 9.59 Å². The summed E-state index contributed by atoms with van der Waals surface area (Å²) in [7, 11) is 0. The highest BCUT2D eigenvalue weighted by molar-refractivity contribution is 5.70. The second kappa shape index (κ2) is 50.7. The normalized spacial score (nSPS) is 12.8. The molecule has 0 aliphatic heterocycles. The first-order valence-corrected chi connectivity index (χ1v) is 25.5. The van der Waals surface area contributed by atoms with E-state index >= 15 is 0 Å². The standard InChI is InChI=1S/C55H96O5/c1-4-7-10-13-16-19-22-24-26-27-28-30-32-35-38-41-44-47-50-58-51-53(60-55(57)49-46-43-40-37-33-21-18-15-12-9-6-3)52-59-54(56)48-45-42-39-36-34-31-29-25-23-20-17-14-11-8-5-2/h7,10,15-16,18-19,24-26,28-30,53H,4-6,8-9,11-14,17,20-23,27,31-52H2,1-3H3/b10-7-,18-15-,19-16-,26-24-,29-25-,30-28-. The summed E-state index contributed by atoms with van der Waals surface area (Å²) in [5.41, 5.74) is 0. The lowest BCUT2D eigenvalue weighted by Crippen LogP contribution is -2.30. The molecule has 346 valence electrons. The van der Waals surface area contributed by atoms with Crippen LogP contribution in [-0.2, 0) is 23.8 Å². The number of carbonyl (C=O) groups excluding carboxylic acids is 2. The maximum Gasteiger partial charge on any atom is 0.306 e. The summed E-state index contributed by atoms with van der Waals surface area (Å²) in [5.74, 6) is -0.428. The first-order chi connectivity index (χ1) is 29.6. The number of rotatable bonds is 46. The van der Waals surface area contributed by atoms with E-state index in [1.54, 1.807) is 0 Å². The first kappa shape index (κ1) is 57.3. The van der Waals surface area contributed by atoms with Crippen LogP contribution in [0, 0.1) is 0 Å². The van der Waals surface area contributed by atoms with E-state index in [1.165, 1.54) is 109 Å². The molecule has 0 saturated carbocycles. The fourth-order valence-corrected chi connectivity index (χ4v) is 6.89. The zero-order chi connectivity index (χ0) is 43.5. The molecular formula is C55H96O5. The Morgan fingerprint density at radius 2 is 0.767 bits per heavy atom. The van der Waals surface area contributed by atoms with Gasteiger partial charge < -0.3 is 14.2 Å². The van der Waals surface area contributed by atoms with Crippen LogP contribution in [0.25, 0.3) is 0 Å². The number of carbonyl (C=O) groups is 2. The van der Waals surface area contributed by atoms with Gasteiger partial charge in [0, 0.05) is 19.4 Å². The van der Waals surface area contributed by atoms with Crippen LogP contribution >= 0.6 is 0 Å². The largest absolute Gasteiger partial charge is 0.462 e. The van der Waals surface area contributed by atoms with Crippen LogP contribution in [0.3, 0.4) is 0 Å². The summed E-state index contributed by atoms with van der Waals surface area (Å²) >= 11 is 0. The summed E-state index contributed by atoms with van der Waals surface area (Å²) in [4.78, 5) is 25.3. The van der Waals surface area contributed by atoms with Crippen LogP contribution in [0.4, 0.5) is 0 Å². The topological polar surface area (TPSA) is 61.8 Å². The van der Waals surface area contributed by atoms with Gasteiger partial charge in [0.1, 0.15) is 6.61 Å². The van der Waals surface area contributed by atoms with Gasteiger partial charge in [0.25, 0.3) is 0 Å². The van der Waals surface area contributed by atoms with Crippen LogP contribution in [0.2, 0.25) is 0 Å². The second-order valence-corrected chi connectivity index (χ2v) is 16.7. The Bertz CT molecular complexity index is 1080. The van der Waals surface area contributed by atoms with Crippen LogP contribution < -0.4 is 0 Å². The predicted octanol–water partition coefficient (Wildman–Crippen LogP) is 17.1. The zero-order valence-electron chi connectivity index (χ0n) is 39.7. The fourth-order valence-electron chi connectivity index (χ4n) is 6.89. The third-order valence-corrected chi connectivity index (χ3v) is 10.7. The van der Waals surface area contributed by atoms with Gasteiger partial charge in [-0.2, -0.15) is 0 Å². The van der Waals surface area contributed by atoms with Crippen molar-refractivity contribution < 1.29 is 23.8 Å². The molecule has 0 amide bonds. The molecule has 5 nitrogen and oxygen atoms in total. The van der Waals surface area contributed by atoms with E-state index in [2.05, 4.69) is 93.7 Å². The minimum absolute atomic E-state index is 0.0682. The smallest absolute Gasteiger partial charge is 0.306 e. The van der Waals surface area contributed by atoms with Crippen molar-refractivity contribution in [3.63, 3.8) is 0 Å². The van der Waals surface area contributed by atoms with E-state index in [4.69, 9.17) is 14.2 Å². The molecule has 0 aliphatic rings. The van der Waals surface area contributed by atoms with Crippen LogP contribution in [0.15, 0.2) is 72.9 Å². The zero-order valence-corrected chi connectivity index (χ0v) is 39.7. The second-order valence-electron chi connectivity index (χ2n) is 16.7. The Balaban J connectivity index is 4.29. The molecule has 0 bridgehead atoms. The highest BCUT2D eigenvalue weighted by Crippen LogP contribution is 2.13. The van der Waals surface area contributed by atoms with Crippen molar-refractivity contribution in [2.45, 2.75) is 245 Å². The summed E-state index contributed by atoms with van der Waals surface area (Å²) in [5, 5.41) is 0. The highest BCUT2D eigenvalue weighted by Gasteiger charge is 2.17. The molecule has 60 heavy (non-hydrogen) atoms. The summed E-state index contributed by atoms with van der Waals surface area (Å²) in [6.45, 7) is 7.62. The van der Waals surface area contributed by atoms with Crippen LogP contribution in [0.1, 0.15) is 239 Å². The molecule has 0 N–H and O–H groups in total. The summed E-state index contributed by atoms with van der Waals surface area (Å²) in [6.07, 6.45) is 64.8. The first-order valence-electron chi connectivity index (χ1n) is 25.5. The fraction of sp³-hybridized carbons (Fsp3) is 0.745. The maximum atomic E-state index is 12.8. The third-order valence-electron chi connectivity index (χ3n) is 10.7. The molecule has 0 fully saturated rings. The Morgan fingerprint density at radius 1 is 0.383 bits per heavy atom. The number of esters is 2. The monoisotopic (exact) mass is 837 g/mol. The van der Waals surface area contributed by atoms with Gasteiger partial charge in [-0.25, -0.2) is 0 Å². The molecule has 0 aliphatic carbocycles. The van der Waals surface area contributed by atoms with Crippen molar-refractivity contribution in [2.24, 2.45) is 0 Å². The predicted molar refractivity (Wildman–Crippen MR) is 260 cm³/mol. The maximum absolute atomic E-state index is 12.8. The molecule has 0 rings (SSSR count). The number of hydrogen-bond donors (Lipinski definition) is 0. The minimum Gasteiger partial charge on any atom is -0.462 e. The van der Waals surface area contributed by atoms with Crippen molar-refractivity contribution in [1.82, 2.24) is 0 Å². The van der Waals surface area contributed by atoms with E-state index < -0.39 is 6.10 Å². The molecule has 1 atom stereocenters. The van der Waals surface area contributed by atoms with Gasteiger partial charge in [0.15, 0.2) is 6.10 Å². The van der Waals surface area contributed by atoms with Crippen LogP contribution in [-0.4, -0.2) is 37.9 Å². The molecule has 0 aromatic carbocycles. The molecule has 0 heterocycles. The quantitative estimate of drug-likeness (QED) is 0.0347. The van der Waals surface area contributed by atoms with Gasteiger partial charge in [-0.05, 0) is 103 Å². The number of unbranched alkanes of at least 4 members (excludes halogenated alkanes) is 23. The molecular weight excluding hydrogens is 741 g/mol. The van der Waals surface area contributed by atoms with Gasteiger partial charge in [0.05, 0.1) is 6.61 Å². The molecule has 1 unspecified atom stereocenters. The average Bonchev–Trinajstić information content (AvgIpc) is 3.25. The van der Waals surface area contributed by atoms with E-state index in [9.17, 15) is 9.59 Å². The number of ether oxygens (including phenoxy) is 3. The van der Waals surface area contributed by atoms with Gasteiger partial charge in [-0.15, -0.1) is 0 Å².